The predicted molar refractivity (Wildman–Crippen MR) is 76.5 cm³/mol. The SMILES string of the molecule is CC(C(=O)O)N1CCN(C(=O)c2ccnc(Br)c2)CC1. The quantitative estimate of drug-likeness (QED) is 0.832. The average molecular weight is 342 g/mol. The van der Waals surface area contributed by atoms with Crippen LogP contribution in [0, 0.1) is 0 Å². The van der Waals surface area contributed by atoms with Gasteiger partial charge in [0.25, 0.3) is 5.91 Å². The maximum absolute atomic E-state index is 12.3. The molecule has 20 heavy (non-hydrogen) atoms. The Morgan fingerprint density at radius 3 is 2.55 bits per heavy atom. The summed E-state index contributed by atoms with van der Waals surface area (Å²) in [4.78, 5) is 30.9. The van der Waals surface area contributed by atoms with Gasteiger partial charge in [-0.3, -0.25) is 14.5 Å². The third-order valence-corrected chi connectivity index (χ3v) is 3.91. The van der Waals surface area contributed by atoms with Crippen LogP contribution in [0.3, 0.4) is 0 Å². The molecule has 1 atom stereocenters. The van der Waals surface area contributed by atoms with Crippen LogP contribution in [-0.4, -0.2) is 64.0 Å². The molecule has 1 amide bonds. The van der Waals surface area contributed by atoms with E-state index in [4.69, 9.17) is 5.11 Å². The van der Waals surface area contributed by atoms with Crippen molar-refractivity contribution in [3.05, 3.63) is 28.5 Å². The molecule has 7 heteroatoms. The molecule has 0 radical (unpaired) electrons. The molecule has 0 saturated carbocycles. The van der Waals surface area contributed by atoms with Crippen LogP contribution in [0.4, 0.5) is 0 Å². The van der Waals surface area contributed by atoms with Gasteiger partial charge < -0.3 is 10.0 Å². The molecule has 0 aromatic carbocycles. The summed E-state index contributed by atoms with van der Waals surface area (Å²) in [5.74, 6) is -0.876. The van der Waals surface area contributed by atoms with Gasteiger partial charge in [-0.1, -0.05) is 0 Å². The lowest BCUT2D eigenvalue weighted by molar-refractivity contribution is -0.143. The van der Waals surface area contributed by atoms with Crippen molar-refractivity contribution < 1.29 is 14.7 Å². The fraction of sp³-hybridized carbons (Fsp3) is 0.462. The van der Waals surface area contributed by atoms with Crippen LogP contribution in [0.2, 0.25) is 0 Å². The predicted octanol–water partition coefficient (Wildman–Crippen LogP) is 1.07. The highest BCUT2D eigenvalue weighted by atomic mass is 79.9. The van der Waals surface area contributed by atoms with Gasteiger partial charge >= 0.3 is 5.97 Å². The van der Waals surface area contributed by atoms with Crippen LogP contribution in [0.15, 0.2) is 22.9 Å². The summed E-state index contributed by atoms with van der Waals surface area (Å²) in [6.07, 6.45) is 1.58. The summed E-state index contributed by atoms with van der Waals surface area (Å²) in [6.45, 7) is 3.89. The summed E-state index contributed by atoms with van der Waals surface area (Å²) in [5.41, 5.74) is 0.589. The van der Waals surface area contributed by atoms with Crippen molar-refractivity contribution in [3.8, 4) is 0 Å². The van der Waals surface area contributed by atoms with E-state index in [0.29, 0.717) is 36.3 Å². The van der Waals surface area contributed by atoms with Gasteiger partial charge in [0.15, 0.2) is 0 Å². The minimum absolute atomic E-state index is 0.0456. The van der Waals surface area contributed by atoms with E-state index in [1.165, 1.54) is 0 Å². The Morgan fingerprint density at radius 2 is 2.00 bits per heavy atom. The van der Waals surface area contributed by atoms with Crippen LogP contribution in [0.1, 0.15) is 17.3 Å². The molecule has 1 aromatic rings. The normalized spacial score (nSPS) is 17.8. The number of piperazine rings is 1. The van der Waals surface area contributed by atoms with Gasteiger partial charge in [-0.05, 0) is 35.0 Å². The Morgan fingerprint density at radius 1 is 1.35 bits per heavy atom. The van der Waals surface area contributed by atoms with E-state index < -0.39 is 12.0 Å². The van der Waals surface area contributed by atoms with Gasteiger partial charge in [0, 0.05) is 37.9 Å². The Labute approximate surface area is 125 Å². The van der Waals surface area contributed by atoms with Crippen LogP contribution < -0.4 is 0 Å². The van der Waals surface area contributed by atoms with Crippen molar-refractivity contribution in [2.24, 2.45) is 0 Å². The molecule has 0 aliphatic carbocycles. The fourth-order valence-corrected chi connectivity index (χ4v) is 2.55. The molecular weight excluding hydrogens is 326 g/mol. The number of halogens is 1. The van der Waals surface area contributed by atoms with E-state index in [9.17, 15) is 9.59 Å². The zero-order chi connectivity index (χ0) is 14.7. The molecule has 1 unspecified atom stereocenters. The lowest BCUT2D eigenvalue weighted by Gasteiger charge is -2.36. The van der Waals surface area contributed by atoms with E-state index in [2.05, 4.69) is 20.9 Å². The lowest BCUT2D eigenvalue weighted by Crippen LogP contribution is -2.53. The van der Waals surface area contributed by atoms with Gasteiger partial charge in [0.05, 0.1) is 0 Å². The van der Waals surface area contributed by atoms with E-state index in [1.54, 1.807) is 30.2 Å². The summed E-state index contributed by atoms with van der Waals surface area (Å²) in [7, 11) is 0. The van der Waals surface area contributed by atoms with Crippen LogP contribution >= 0.6 is 15.9 Å². The molecule has 1 aliphatic rings. The largest absolute Gasteiger partial charge is 0.480 e. The molecule has 108 valence electrons. The fourth-order valence-electron chi connectivity index (χ4n) is 2.19. The second kappa shape index (κ2) is 6.32. The molecule has 1 fully saturated rings. The molecular formula is C13H16BrN3O3. The first-order chi connectivity index (χ1) is 9.49. The second-order valence-corrected chi connectivity index (χ2v) is 5.52. The molecule has 6 nitrogen and oxygen atoms in total. The first-order valence-corrected chi connectivity index (χ1v) is 7.16. The monoisotopic (exact) mass is 341 g/mol. The number of hydrogen-bond donors (Lipinski definition) is 1. The topological polar surface area (TPSA) is 73.7 Å². The first kappa shape index (κ1) is 14.9. The van der Waals surface area contributed by atoms with Gasteiger partial charge in [-0.25, -0.2) is 4.98 Å². The highest BCUT2D eigenvalue weighted by Crippen LogP contribution is 2.13. The number of hydrogen-bond acceptors (Lipinski definition) is 4. The Balaban J connectivity index is 1.97. The molecule has 0 spiro atoms. The number of carbonyl (C=O) groups excluding carboxylic acids is 1. The van der Waals surface area contributed by atoms with E-state index in [-0.39, 0.29) is 5.91 Å². The number of carbonyl (C=O) groups is 2. The van der Waals surface area contributed by atoms with Crippen molar-refractivity contribution in [1.29, 1.82) is 0 Å². The third-order valence-electron chi connectivity index (χ3n) is 3.48. The molecule has 0 bridgehead atoms. The summed E-state index contributed by atoms with van der Waals surface area (Å²) in [5, 5.41) is 8.98. The molecule has 1 N–H and O–H groups in total. The maximum atomic E-state index is 12.3. The zero-order valence-electron chi connectivity index (χ0n) is 11.1. The number of nitrogens with zero attached hydrogens (tertiary/aromatic N) is 3. The highest BCUT2D eigenvalue weighted by Gasteiger charge is 2.27. The van der Waals surface area contributed by atoms with Crippen LogP contribution in [-0.2, 0) is 4.79 Å². The minimum Gasteiger partial charge on any atom is -0.480 e. The summed E-state index contributed by atoms with van der Waals surface area (Å²) < 4.78 is 0.626. The molecule has 2 rings (SSSR count). The third kappa shape index (κ3) is 3.34. The van der Waals surface area contributed by atoms with E-state index in [0.717, 1.165) is 0 Å². The maximum Gasteiger partial charge on any atom is 0.320 e. The van der Waals surface area contributed by atoms with Crippen molar-refractivity contribution in [2.75, 3.05) is 26.2 Å². The van der Waals surface area contributed by atoms with Crippen LogP contribution in [0.25, 0.3) is 0 Å². The summed E-state index contributed by atoms with van der Waals surface area (Å²) in [6, 6.07) is 2.86. The number of pyridine rings is 1. The number of aromatic nitrogens is 1. The van der Waals surface area contributed by atoms with Crippen molar-refractivity contribution >= 4 is 27.8 Å². The standard InChI is InChI=1S/C13H16BrN3O3/c1-9(13(19)20)16-4-6-17(7-5-16)12(18)10-2-3-15-11(14)8-10/h2-3,8-9H,4-7H2,1H3,(H,19,20). The van der Waals surface area contributed by atoms with Crippen LogP contribution in [0.5, 0.6) is 0 Å². The molecule has 1 aliphatic heterocycles. The number of amides is 1. The Bertz CT molecular complexity index is 515. The molecule has 2 heterocycles. The highest BCUT2D eigenvalue weighted by molar-refractivity contribution is 9.10. The van der Waals surface area contributed by atoms with Crippen molar-refractivity contribution in [2.45, 2.75) is 13.0 Å². The number of aliphatic carboxylic acids is 1. The zero-order valence-corrected chi connectivity index (χ0v) is 12.7. The van der Waals surface area contributed by atoms with Gasteiger partial charge in [-0.15, -0.1) is 0 Å². The molecule has 1 saturated heterocycles. The van der Waals surface area contributed by atoms with Crippen molar-refractivity contribution in [1.82, 2.24) is 14.8 Å². The van der Waals surface area contributed by atoms with Gasteiger partial charge in [0.2, 0.25) is 0 Å². The lowest BCUT2D eigenvalue weighted by atomic mass is 10.2. The van der Waals surface area contributed by atoms with E-state index in [1.807, 2.05) is 4.90 Å². The number of carboxylic acid groups (broad SMARTS) is 1. The Kier molecular flexibility index (Phi) is 4.72. The first-order valence-electron chi connectivity index (χ1n) is 6.36. The van der Waals surface area contributed by atoms with E-state index >= 15 is 0 Å². The number of carboxylic acids is 1. The van der Waals surface area contributed by atoms with Gasteiger partial charge in [0.1, 0.15) is 10.6 Å². The Hall–Kier alpha value is -1.47. The summed E-state index contributed by atoms with van der Waals surface area (Å²) >= 11 is 3.24. The second-order valence-electron chi connectivity index (χ2n) is 4.71. The number of rotatable bonds is 3. The smallest absolute Gasteiger partial charge is 0.320 e. The van der Waals surface area contributed by atoms with Gasteiger partial charge in [-0.2, -0.15) is 0 Å². The van der Waals surface area contributed by atoms with Crippen molar-refractivity contribution in [3.63, 3.8) is 0 Å². The molecule has 1 aromatic heterocycles. The minimum atomic E-state index is -0.831. The average Bonchev–Trinajstić information content (AvgIpc) is 2.46.